The number of ether oxygens (including phenoxy) is 4. The number of phosphoric acid groups is 2. The first-order chi connectivity index (χ1) is 45.9. The molecular formula is C76H148O17P2. The van der Waals surface area contributed by atoms with Crippen LogP contribution in [-0.2, 0) is 65.4 Å². The standard InChI is InChI=1S/C76H148O17P2/c1-7-9-11-13-15-16-17-23-31-36-42-48-54-60-75(80)92-71(64-86-73(78)58-52-46-38-14-12-10-8-2)66-90-94(82,83)88-62-70(77)63-89-95(84,85)91-67-72(65-87-74(79)59-53-47-41-35-30-26-22-21-25-29-34-40-45-51-57-69(5)6)93-76(81)61-55-49-43-37-32-27-20-18-19-24-28-33-39-44-50-56-68(3)4/h68-72,77H,7-67H2,1-6H3,(H,82,83)(H,84,85)/t70-,71+,72+/m0/s1. The first kappa shape index (κ1) is 93.1. The predicted molar refractivity (Wildman–Crippen MR) is 386 cm³/mol. The summed E-state index contributed by atoms with van der Waals surface area (Å²) in [6, 6.07) is 0. The summed E-state index contributed by atoms with van der Waals surface area (Å²) in [7, 11) is -9.91. The molecule has 0 aliphatic rings. The lowest BCUT2D eigenvalue weighted by Crippen LogP contribution is -2.30. The Morgan fingerprint density at radius 2 is 0.484 bits per heavy atom. The molecule has 0 saturated carbocycles. The van der Waals surface area contributed by atoms with Gasteiger partial charge in [0.2, 0.25) is 0 Å². The molecular weight excluding hydrogens is 1250 g/mol. The molecule has 0 fully saturated rings. The van der Waals surface area contributed by atoms with Gasteiger partial charge in [-0.2, -0.15) is 0 Å². The van der Waals surface area contributed by atoms with E-state index in [4.69, 9.17) is 37.0 Å². The predicted octanol–water partition coefficient (Wildman–Crippen LogP) is 22.3. The number of aliphatic hydroxyl groups is 1. The van der Waals surface area contributed by atoms with Crippen LogP contribution in [0.5, 0.6) is 0 Å². The van der Waals surface area contributed by atoms with Crippen molar-refractivity contribution in [2.24, 2.45) is 11.8 Å². The first-order valence-corrected chi connectivity index (χ1v) is 42.5. The summed E-state index contributed by atoms with van der Waals surface area (Å²) in [5.74, 6) is -0.517. The van der Waals surface area contributed by atoms with Gasteiger partial charge in [0, 0.05) is 25.7 Å². The van der Waals surface area contributed by atoms with E-state index in [2.05, 4.69) is 41.5 Å². The highest BCUT2D eigenvalue weighted by molar-refractivity contribution is 7.47. The fourth-order valence-corrected chi connectivity index (χ4v) is 13.2. The third-order valence-corrected chi connectivity index (χ3v) is 19.6. The van der Waals surface area contributed by atoms with Crippen LogP contribution in [0.15, 0.2) is 0 Å². The van der Waals surface area contributed by atoms with Crippen LogP contribution in [0.1, 0.15) is 395 Å². The van der Waals surface area contributed by atoms with Crippen molar-refractivity contribution in [2.45, 2.75) is 413 Å². The molecule has 0 aromatic rings. The van der Waals surface area contributed by atoms with Gasteiger partial charge >= 0.3 is 39.5 Å². The molecule has 0 radical (unpaired) electrons. The first-order valence-electron chi connectivity index (χ1n) is 39.5. The van der Waals surface area contributed by atoms with Gasteiger partial charge in [0.25, 0.3) is 0 Å². The Kier molecular flexibility index (Phi) is 66.5. The molecule has 0 aliphatic heterocycles. The highest BCUT2D eigenvalue weighted by atomic mass is 31.2. The maximum atomic E-state index is 13.1. The topological polar surface area (TPSA) is 237 Å². The summed E-state index contributed by atoms with van der Waals surface area (Å²) in [6.45, 7) is 9.61. The third-order valence-electron chi connectivity index (χ3n) is 17.7. The van der Waals surface area contributed by atoms with Crippen molar-refractivity contribution < 1.29 is 80.2 Å². The van der Waals surface area contributed by atoms with Gasteiger partial charge in [0.1, 0.15) is 19.3 Å². The van der Waals surface area contributed by atoms with Crippen LogP contribution < -0.4 is 0 Å². The summed E-state index contributed by atoms with van der Waals surface area (Å²) in [6.07, 6.45) is 55.6. The average molecular weight is 1400 g/mol. The van der Waals surface area contributed by atoms with Crippen LogP contribution in [0.25, 0.3) is 0 Å². The fraction of sp³-hybridized carbons (Fsp3) is 0.947. The zero-order chi connectivity index (χ0) is 70.0. The van der Waals surface area contributed by atoms with Gasteiger partial charge in [0.15, 0.2) is 12.2 Å². The number of hydrogen-bond acceptors (Lipinski definition) is 15. The van der Waals surface area contributed by atoms with Crippen LogP contribution in [0.3, 0.4) is 0 Å². The third kappa shape index (κ3) is 70.3. The fourth-order valence-electron chi connectivity index (χ4n) is 11.7. The number of unbranched alkanes of at least 4 members (excludes halogenated alkanes) is 45. The Labute approximate surface area is 581 Å². The molecule has 564 valence electrons. The second-order valence-corrected chi connectivity index (χ2v) is 31.3. The van der Waals surface area contributed by atoms with Gasteiger partial charge in [-0.15, -0.1) is 0 Å². The Morgan fingerprint density at radius 1 is 0.284 bits per heavy atom. The lowest BCUT2D eigenvalue weighted by molar-refractivity contribution is -0.161. The molecule has 0 saturated heterocycles. The minimum atomic E-state index is -4.96. The molecule has 5 atom stereocenters. The van der Waals surface area contributed by atoms with Crippen molar-refractivity contribution in [1.82, 2.24) is 0 Å². The summed E-state index contributed by atoms with van der Waals surface area (Å²) in [5, 5.41) is 10.6. The number of rotatable bonds is 75. The zero-order valence-corrected chi connectivity index (χ0v) is 63.8. The molecule has 0 aromatic heterocycles. The second kappa shape index (κ2) is 67.9. The number of hydrogen-bond donors (Lipinski definition) is 3. The van der Waals surface area contributed by atoms with E-state index in [1.165, 1.54) is 199 Å². The number of aliphatic hydroxyl groups excluding tert-OH is 1. The number of carbonyl (C=O) groups is 4. The highest BCUT2D eigenvalue weighted by Gasteiger charge is 2.30. The monoisotopic (exact) mass is 1400 g/mol. The van der Waals surface area contributed by atoms with Crippen molar-refractivity contribution in [3.8, 4) is 0 Å². The molecule has 95 heavy (non-hydrogen) atoms. The molecule has 3 N–H and O–H groups in total. The highest BCUT2D eigenvalue weighted by Crippen LogP contribution is 2.45. The van der Waals surface area contributed by atoms with Gasteiger partial charge < -0.3 is 33.8 Å². The second-order valence-electron chi connectivity index (χ2n) is 28.3. The van der Waals surface area contributed by atoms with Gasteiger partial charge in [-0.3, -0.25) is 37.3 Å². The molecule has 0 spiro atoms. The van der Waals surface area contributed by atoms with Crippen LogP contribution >= 0.6 is 15.6 Å². The average Bonchev–Trinajstić information content (AvgIpc) is 1.29. The van der Waals surface area contributed by atoms with Crippen molar-refractivity contribution in [3.63, 3.8) is 0 Å². The Hall–Kier alpha value is -1.94. The maximum absolute atomic E-state index is 13.1. The van der Waals surface area contributed by atoms with E-state index >= 15 is 0 Å². The van der Waals surface area contributed by atoms with Gasteiger partial charge in [-0.25, -0.2) is 9.13 Å². The Morgan fingerprint density at radius 3 is 0.716 bits per heavy atom. The SMILES string of the molecule is CCCCCCCCCCCCCCCC(=O)O[C@H](COC(=O)CCCCCCCCC)COP(=O)(O)OC[C@H](O)COP(=O)(O)OC[C@@H](COC(=O)CCCCCCCCCCCCCCCCC(C)C)OC(=O)CCCCCCCCCCCCCCCCCC(C)C. The van der Waals surface area contributed by atoms with Crippen molar-refractivity contribution >= 4 is 39.5 Å². The lowest BCUT2D eigenvalue weighted by Gasteiger charge is -2.21. The summed E-state index contributed by atoms with van der Waals surface area (Å²) in [4.78, 5) is 72.7. The zero-order valence-electron chi connectivity index (χ0n) is 62.0. The van der Waals surface area contributed by atoms with Crippen molar-refractivity contribution in [3.05, 3.63) is 0 Å². The molecule has 0 rings (SSSR count). The number of carbonyl (C=O) groups excluding carboxylic acids is 4. The molecule has 2 unspecified atom stereocenters. The van der Waals surface area contributed by atoms with Gasteiger partial charge in [-0.05, 0) is 37.5 Å². The Balaban J connectivity index is 5.19. The molecule has 0 aliphatic carbocycles. The molecule has 19 heteroatoms. The summed E-state index contributed by atoms with van der Waals surface area (Å²) >= 11 is 0. The summed E-state index contributed by atoms with van der Waals surface area (Å²) in [5.41, 5.74) is 0. The van der Waals surface area contributed by atoms with E-state index in [1.54, 1.807) is 0 Å². The molecule has 0 bridgehead atoms. The van der Waals surface area contributed by atoms with E-state index in [1.807, 2.05) is 0 Å². The Bertz CT molecular complexity index is 1840. The quantitative estimate of drug-likeness (QED) is 0.0222. The van der Waals surface area contributed by atoms with Crippen molar-refractivity contribution in [1.29, 1.82) is 0 Å². The minimum absolute atomic E-state index is 0.107. The maximum Gasteiger partial charge on any atom is 0.472 e. The largest absolute Gasteiger partial charge is 0.472 e. The number of esters is 4. The summed E-state index contributed by atoms with van der Waals surface area (Å²) < 4.78 is 68.4. The lowest BCUT2D eigenvalue weighted by atomic mass is 10.0. The van der Waals surface area contributed by atoms with Crippen LogP contribution in [0.2, 0.25) is 0 Å². The van der Waals surface area contributed by atoms with Crippen molar-refractivity contribution in [2.75, 3.05) is 39.6 Å². The molecule has 17 nitrogen and oxygen atoms in total. The van der Waals surface area contributed by atoms with E-state index in [0.29, 0.717) is 25.7 Å². The van der Waals surface area contributed by atoms with E-state index < -0.39 is 97.5 Å². The number of phosphoric ester groups is 2. The molecule has 0 amide bonds. The van der Waals surface area contributed by atoms with Crippen LogP contribution in [0, 0.1) is 11.8 Å². The molecule has 0 heterocycles. The van der Waals surface area contributed by atoms with E-state index in [-0.39, 0.29) is 25.7 Å². The normalized spacial score (nSPS) is 14.0. The van der Waals surface area contributed by atoms with E-state index in [9.17, 15) is 43.2 Å². The molecule has 0 aromatic carbocycles. The van der Waals surface area contributed by atoms with Gasteiger partial charge in [0.05, 0.1) is 26.4 Å². The van der Waals surface area contributed by atoms with Gasteiger partial charge in [-0.1, -0.05) is 343 Å². The van der Waals surface area contributed by atoms with E-state index in [0.717, 1.165) is 115 Å². The van der Waals surface area contributed by atoms with Crippen LogP contribution in [-0.4, -0.2) is 96.7 Å². The smallest absolute Gasteiger partial charge is 0.462 e. The van der Waals surface area contributed by atoms with Crippen LogP contribution in [0.4, 0.5) is 0 Å². The minimum Gasteiger partial charge on any atom is -0.462 e.